The molecule has 0 saturated heterocycles. The van der Waals surface area contributed by atoms with Crippen molar-refractivity contribution in [3.8, 4) is 11.5 Å². The first kappa shape index (κ1) is 21.0. The number of nitrogens with two attached hydrogens (primary N) is 1. The number of nitrogens with one attached hydrogen (secondary N) is 1. The molecule has 0 radical (unpaired) electrons. The van der Waals surface area contributed by atoms with Crippen LogP contribution in [-0.2, 0) is 13.0 Å². The minimum Gasteiger partial charge on any atom is -0.497 e. The van der Waals surface area contributed by atoms with Gasteiger partial charge in [0, 0.05) is 24.0 Å². The summed E-state index contributed by atoms with van der Waals surface area (Å²) in [6.45, 7) is 1.59. The summed E-state index contributed by atoms with van der Waals surface area (Å²) < 4.78 is 10.4. The summed E-state index contributed by atoms with van der Waals surface area (Å²) in [5, 5.41) is 3.32. The van der Waals surface area contributed by atoms with Crippen molar-refractivity contribution in [2.24, 2.45) is 5.73 Å². The van der Waals surface area contributed by atoms with Gasteiger partial charge in [0.2, 0.25) is 0 Å². The average molecular weight is 412 g/mol. The lowest BCUT2D eigenvalue weighted by molar-refractivity contribution is 0.1000. The molecule has 0 unspecified atom stereocenters. The molecule has 0 spiro atoms. The van der Waals surface area contributed by atoms with Crippen LogP contribution in [0.5, 0.6) is 11.5 Å². The molecule has 3 rings (SSSR count). The molecular weight excluding hydrogens is 390 g/mol. The van der Waals surface area contributed by atoms with Crippen LogP contribution in [0.3, 0.4) is 0 Å². The third-order valence-corrected chi connectivity index (χ3v) is 5.51. The molecule has 3 N–H and O–H groups in total. The second kappa shape index (κ2) is 8.60. The lowest BCUT2D eigenvalue weighted by atomic mass is 10.0. The number of ether oxygens (including phenoxy) is 2. The molecular formula is C18H22ClN3O4S. The molecule has 7 nitrogen and oxygen atoms in total. The fourth-order valence-electron chi connectivity index (χ4n) is 3.04. The third kappa shape index (κ3) is 4.18. The standard InChI is InChI=1S/C18H21N3O4S.ClH/c1-21-7-6-12-14(9-21)26-18(15(12)16(19)22)20-17(23)11-5-4-10(24-2)8-13(11)25-3;/h4-5,8H,6-7,9H2,1-3H3,(H2,19,22)(H,20,23);1H. The number of rotatable bonds is 5. The zero-order valence-electron chi connectivity index (χ0n) is 15.3. The van der Waals surface area contributed by atoms with Crippen LogP contribution in [0.2, 0.25) is 0 Å². The molecule has 146 valence electrons. The Hall–Kier alpha value is -2.29. The van der Waals surface area contributed by atoms with Crippen molar-refractivity contribution in [1.29, 1.82) is 0 Å². The zero-order chi connectivity index (χ0) is 18.8. The molecule has 2 aromatic rings. The van der Waals surface area contributed by atoms with E-state index in [2.05, 4.69) is 10.2 Å². The van der Waals surface area contributed by atoms with Crippen molar-refractivity contribution in [2.45, 2.75) is 13.0 Å². The number of likely N-dealkylation sites (N-methyl/N-ethyl adjacent to an activating group) is 1. The van der Waals surface area contributed by atoms with Gasteiger partial charge in [-0.3, -0.25) is 9.59 Å². The molecule has 0 aliphatic carbocycles. The van der Waals surface area contributed by atoms with Crippen LogP contribution in [0.1, 0.15) is 31.2 Å². The van der Waals surface area contributed by atoms with Crippen LogP contribution < -0.4 is 20.5 Å². The highest BCUT2D eigenvalue weighted by Crippen LogP contribution is 2.37. The van der Waals surface area contributed by atoms with Gasteiger partial charge in [-0.15, -0.1) is 23.7 Å². The Bertz CT molecular complexity index is 869. The highest BCUT2D eigenvalue weighted by Gasteiger charge is 2.27. The first-order valence-corrected chi connectivity index (χ1v) is 8.92. The lowest BCUT2D eigenvalue weighted by Crippen LogP contribution is -2.27. The maximum atomic E-state index is 12.8. The van der Waals surface area contributed by atoms with Gasteiger partial charge in [0.25, 0.3) is 11.8 Å². The summed E-state index contributed by atoms with van der Waals surface area (Å²) in [6, 6.07) is 4.94. The number of anilines is 1. The Kier molecular flexibility index (Phi) is 6.69. The van der Waals surface area contributed by atoms with Gasteiger partial charge < -0.3 is 25.4 Å². The Labute approximate surface area is 167 Å². The summed E-state index contributed by atoms with van der Waals surface area (Å²) in [7, 11) is 5.05. The van der Waals surface area contributed by atoms with E-state index in [0.29, 0.717) is 27.6 Å². The third-order valence-electron chi connectivity index (χ3n) is 4.37. The van der Waals surface area contributed by atoms with Gasteiger partial charge in [0.1, 0.15) is 16.5 Å². The van der Waals surface area contributed by atoms with Gasteiger partial charge in [-0.2, -0.15) is 0 Å². The predicted octanol–water partition coefficient (Wildman–Crippen LogP) is 2.53. The normalized spacial score (nSPS) is 13.3. The van der Waals surface area contributed by atoms with Crippen LogP contribution in [0, 0.1) is 0 Å². The van der Waals surface area contributed by atoms with Crippen LogP contribution in [0.4, 0.5) is 5.00 Å². The maximum absolute atomic E-state index is 12.8. The fourth-order valence-corrected chi connectivity index (χ4v) is 4.36. The quantitative estimate of drug-likeness (QED) is 0.788. The van der Waals surface area contributed by atoms with Gasteiger partial charge >= 0.3 is 0 Å². The van der Waals surface area contributed by atoms with Gasteiger partial charge in [0.15, 0.2) is 0 Å². The van der Waals surface area contributed by atoms with E-state index < -0.39 is 5.91 Å². The number of methoxy groups -OCH3 is 2. The highest BCUT2D eigenvalue weighted by molar-refractivity contribution is 7.17. The first-order chi connectivity index (χ1) is 12.4. The molecule has 1 aliphatic rings. The molecule has 9 heteroatoms. The molecule has 1 aliphatic heterocycles. The Balaban J connectivity index is 0.00000261. The number of hydrogen-bond acceptors (Lipinski definition) is 6. The van der Waals surface area contributed by atoms with Crippen LogP contribution in [-0.4, -0.2) is 44.5 Å². The monoisotopic (exact) mass is 411 g/mol. The minimum atomic E-state index is -0.524. The number of carbonyl (C=O) groups is 2. The van der Waals surface area contributed by atoms with Crippen molar-refractivity contribution in [2.75, 3.05) is 33.1 Å². The van der Waals surface area contributed by atoms with Crippen molar-refractivity contribution in [1.82, 2.24) is 4.90 Å². The molecule has 2 heterocycles. The number of hydrogen-bond donors (Lipinski definition) is 2. The van der Waals surface area contributed by atoms with Crippen molar-refractivity contribution in [3.05, 3.63) is 39.8 Å². The van der Waals surface area contributed by atoms with Crippen LogP contribution in [0.15, 0.2) is 18.2 Å². The Morgan fingerprint density at radius 2 is 2.00 bits per heavy atom. The number of nitrogens with zero attached hydrogens (tertiary/aromatic N) is 1. The molecule has 0 bridgehead atoms. The zero-order valence-corrected chi connectivity index (χ0v) is 17.0. The topological polar surface area (TPSA) is 93.9 Å². The molecule has 1 aromatic carbocycles. The summed E-state index contributed by atoms with van der Waals surface area (Å²) in [4.78, 5) is 28.0. The van der Waals surface area contributed by atoms with Gasteiger partial charge in [0.05, 0.1) is 25.3 Å². The van der Waals surface area contributed by atoms with Gasteiger partial charge in [-0.1, -0.05) is 0 Å². The number of fused-ring (bicyclic) bond motifs is 1. The van der Waals surface area contributed by atoms with E-state index in [0.717, 1.165) is 30.0 Å². The number of benzene rings is 1. The SMILES string of the molecule is COc1ccc(C(=O)Nc2sc3c(c2C(N)=O)CCN(C)C3)c(OC)c1.Cl. The molecule has 0 saturated carbocycles. The van der Waals surface area contributed by atoms with Crippen molar-refractivity contribution in [3.63, 3.8) is 0 Å². The summed E-state index contributed by atoms with van der Waals surface area (Å²) >= 11 is 1.40. The Morgan fingerprint density at radius 1 is 1.26 bits per heavy atom. The smallest absolute Gasteiger partial charge is 0.260 e. The summed E-state index contributed by atoms with van der Waals surface area (Å²) in [6.07, 6.45) is 0.738. The molecule has 1 aromatic heterocycles. The number of primary amides is 1. The Morgan fingerprint density at radius 3 is 2.63 bits per heavy atom. The summed E-state index contributed by atoms with van der Waals surface area (Å²) in [5.41, 5.74) is 7.30. The second-order valence-electron chi connectivity index (χ2n) is 6.08. The number of carbonyl (C=O) groups excluding carboxylic acids is 2. The van der Waals surface area contributed by atoms with Gasteiger partial charge in [-0.25, -0.2) is 0 Å². The van der Waals surface area contributed by atoms with Gasteiger partial charge in [-0.05, 0) is 31.2 Å². The molecule has 2 amide bonds. The van der Waals surface area contributed by atoms with Crippen molar-refractivity contribution >= 4 is 40.6 Å². The fraction of sp³-hybridized carbons (Fsp3) is 0.333. The van der Waals surface area contributed by atoms with E-state index in [1.807, 2.05) is 7.05 Å². The van der Waals surface area contributed by atoms with Crippen LogP contribution in [0.25, 0.3) is 0 Å². The lowest BCUT2D eigenvalue weighted by Gasteiger charge is -2.22. The van der Waals surface area contributed by atoms with Crippen molar-refractivity contribution < 1.29 is 19.1 Å². The number of thiophene rings is 1. The van der Waals surface area contributed by atoms with E-state index in [1.165, 1.54) is 18.4 Å². The van der Waals surface area contributed by atoms with E-state index in [-0.39, 0.29) is 18.3 Å². The van der Waals surface area contributed by atoms with E-state index in [4.69, 9.17) is 15.2 Å². The molecule has 0 fully saturated rings. The molecule has 0 atom stereocenters. The molecule has 27 heavy (non-hydrogen) atoms. The summed E-state index contributed by atoms with van der Waals surface area (Å²) in [5.74, 6) is 0.0948. The number of halogens is 1. The largest absolute Gasteiger partial charge is 0.497 e. The second-order valence-corrected chi connectivity index (χ2v) is 7.19. The van der Waals surface area contributed by atoms with Crippen LogP contribution >= 0.6 is 23.7 Å². The van der Waals surface area contributed by atoms with E-state index in [1.54, 1.807) is 25.3 Å². The maximum Gasteiger partial charge on any atom is 0.260 e. The minimum absolute atomic E-state index is 0. The predicted molar refractivity (Wildman–Crippen MR) is 108 cm³/mol. The number of amides is 2. The average Bonchev–Trinajstić information content (AvgIpc) is 2.97. The van der Waals surface area contributed by atoms with E-state index in [9.17, 15) is 9.59 Å². The van der Waals surface area contributed by atoms with E-state index >= 15 is 0 Å². The first-order valence-electron chi connectivity index (χ1n) is 8.10. The highest BCUT2D eigenvalue weighted by atomic mass is 35.5.